The molecule has 0 bridgehead atoms. The number of aromatic nitrogens is 4. The highest BCUT2D eigenvalue weighted by Gasteiger charge is 2.25. The first kappa shape index (κ1) is 58.0. The Balaban J connectivity index is 0.709. The molecule has 4 nitrogen and oxygen atoms in total. The van der Waals surface area contributed by atoms with Crippen LogP contribution >= 0.6 is 0 Å². The maximum atomic E-state index is 2.49. The SMILES string of the molecule is c1ccc(-n2c3ccccc3c3ccc(-c4c5ccccc5c(-c5ccc6c7c(-c8ccc9c%10cc(-c%11c%12ccccc%12c(-c%12cccc(-n%13c%14ccccc%14c%14ccccc%14%13)c%12)c%12ccccc%11%12)ccc%10n(-c%10ccccc%10)c9c8)cccc7n(-c7ccccc7)c6c5)c5ccccc45)cc32)cc1. The van der Waals surface area contributed by atoms with E-state index in [-0.39, 0.29) is 0 Å². The molecule has 4 aromatic heterocycles. The van der Waals surface area contributed by atoms with Crippen LogP contribution in [0.4, 0.5) is 0 Å². The van der Waals surface area contributed by atoms with Crippen LogP contribution in [0.25, 0.3) is 209 Å². The predicted molar refractivity (Wildman–Crippen MR) is 441 cm³/mol. The molecule has 0 spiro atoms. The minimum Gasteiger partial charge on any atom is -0.309 e. The van der Waals surface area contributed by atoms with Crippen molar-refractivity contribution < 1.29 is 0 Å². The predicted octanol–water partition coefficient (Wildman–Crippen LogP) is 27.0. The van der Waals surface area contributed by atoms with Gasteiger partial charge in [0, 0.05) is 65.8 Å². The van der Waals surface area contributed by atoms with Gasteiger partial charge in [0.2, 0.25) is 0 Å². The van der Waals surface area contributed by atoms with E-state index in [0.29, 0.717) is 0 Å². The van der Waals surface area contributed by atoms with Crippen LogP contribution in [0.1, 0.15) is 0 Å². The maximum absolute atomic E-state index is 2.49. The van der Waals surface area contributed by atoms with Gasteiger partial charge in [0.25, 0.3) is 0 Å². The number of para-hydroxylation sites is 6. The van der Waals surface area contributed by atoms with Gasteiger partial charge in [0.1, 0.15) is 0 Å². The third kappa shape index (κ3) is 8.60. The summed E-state index contributed by atoms with van der Waals surface area (Å²) in [6.07, 6.45) is 0. The van der Waals surface area contributed by atoms with Crippen molar-refractivity contribution in [2.24, 2.45) is 0 Å². The molecule has 0 amide bonds. The summed E-state index contributed by atoms with van der Waals surface area (Å²) in [7, 11) is 0. The van der Waals surface area contributed by atoms with E-state index in [0.717, 1.165) is 50.4 Å². The molecular formula is C100H62N4. The number of benzene rings is 18. The molecule has 482 valence electrons. The first-order valence-corrected chi connectivity index (χ1v) is 36.0. The van der Waals surface area contributed by atoms with Crippen LogP contribution in [0.2, 0.25) is 0 Å². The molecule has 0 fully saturated rings. The van der Waals surface area contributed by atoms with E-state index < -0.39 is 0 Å². The molecular weight excluding hydrogens is 1260 g/mol. The number of hydrogen-bond donors (Lipinski definition) is 0. The molecule has 0 saturated heterocycles. The Morgan fingerprint density at radius 3 is 0.865 bits per heavy atom. The fourth-order valence-corrected chi connectivity index (χ4v) is 18.0. The Morgan fingerprint density at radius 1 is 0.135 bits per heavy atom. The van der Waals surface area contributed by atoms with Crippen LogP contribution in [0.5, 0.6) is 0 Å². The van der Waals surface area contributed by atoms with E-state index >= 15 is 0 Å². The van der Waals surface area contributed by atoms with Crippen molar-refractivity contribution >= 4 is 130 Å². The lowest BCUT2D eigenvalue weighted by atomic mass is 9.85. The molecule has 104 heavy (non-hydrogen) atoms. The molecule has 0 radical (unpaired) electrons. The van der Waals surface area contributed by atoms with Crippen molar-refractivity contribution in [2.45, 2.75) is 0 Å². The maximum Gasteiger partial charge on any atom is 0.0547 e. The summed E-state index contributed by atoms with van der Waals surface area (Å²) >= 11 is 0. The van der Waals surface area contributed by atoms with Crippen LogP contribution in [0.15, 0.2) is 376 Å². The lowest BCUT2D eigenvalue weighted by Crippen LogP contribution is -1.95. The zero-order valence-electron chi connectivity index (χ0n) is 56.6. The van der Waals surface area contributed by atoms with Gasteiger partial charge in [-0.05, 0) is 202 Å². The number of hydrogen-bond acceptors (Lipinski definition) is 0. The summed E-state index contributed by atoms with van der Waals surface area (Å²) in [6, 6.07) is 140. The van der Waals surface area contributed by atoms with Crippen LogP contribution in [0, 0.1) is 0 Å². The molecule has 0 aliphatic carbocycles. The highest BCUT2D eigenvalue weighted by Crippen LogP contribution is 2.50. The average molecular weight is 1320 g/mol. The Bertz CT molecular complexity index is 7160. The van der Waals surface area contributed by atoms with Crippen molar-refractivity contribution in [3.63, 3.8) is 0 Å². The molecule has 22 rings (SSSR count). The van der Waals surface area contributed by atoms with Gasteiger partial charge >= 0.3 is 0 Å². The van der Waals surface area contributed by atoms with Crippen LogP contribution in [-0.2, 0) is 0 Å². The standard InChI is InChI=1S/C100H62N4/c1-4-27-68(28-5-1)101-88-46-21-20-36-75(88)76-55-51-66(61-94(76)101)98-82-41-14-16-43-84(82)99(85-44-17-15-42-83(85)98)67-52-56-86-95(62-67)103(70-31-8-3-9-32-70)92-49-25-45-72(100(86)92)63-50-54-77-87-59-65(53-57-91(87)102(93(77)60-63)69-29-6-2-7-30-69)97-80-39-12-10-37-78(80)96(79-38-11-13-40-81(79)97)64-26-24-33-71(58-64)104-89-47-22-18-34-73(89)74-35-19-23-48-90(74)104/h1-62H. The largest absolute Gasteiger partial charge is 0.309 e. The van der Waals surface area contributed by atoms with Crippen LogP contribution < -0.4 is 0 Å². The fourth-order valence-electron chi connectivity index (χ4n) is 18.0. The van der Waals surface area contributed by atoms with E-state index in [9.17, 15) is 0 Å². The second-order valence-electron chi connectivity index (χ2n) is 27.8. The van der Waals surface area contributed by atoms with E-state index in [2.05, 4.69) is 394 Å². The molecule has 0 aliphatic heterocycles. The molecule has 22 aromatic rings. The zero-order valence-corrected chi connectivity index (χ0v) is 56.6. The third-order valence-corrected chi connectivity index (χ3v) is 22.3. The van der Waals surface area contributed by atoms with E-state index in [1.165, 1.54) is 158 Å². The van der Waals surface area contributed by atoms with Crippen molar-refractivity contribution in [3.8, 4) is 78.4 Å². The highest BCUT2D eigenvalue weighted by atomic mass is 15.0. The lowest BCUT2D eigenvalue weighted by molar-refractivity contribution is 1.18. The Kier molecular flexibility index (Phi) is 12.8. The van der Waals surface area contributed by atoms with Gasteiger partial charge in [-0.3, -0.25) is 0 Å². The summed E-state index contributed by atoms with van der Waals surface area (Å²) < 4.78 is 9.82. The number of nitrogens with zero attached hydrogens (tertiary/aromatic N) is 4. The molecule has 0 unspecified atom stereocenters. The van der Waals surface area contributed by atoms with Crippen molar-refractivity contribution in [3.05, 3.63) is 376 Å². The fraction of sp³-hybridized carbons (Fsp3) is 0. The lowest BCUT2D eigenvalue weighted by Gasteiger charge is -2.18. The van der Waals surface area contributed by atoms with Crippen molar-refractivity contribution in [2.75, 3.05) is 0 Å². The van der Waals surface area contributed by atoms with Gasteiger partial charge in [0.15, 0.2) is 0 Å². The molecule has 0 N–H and O–H groups in total. The van der Waals surface area contributed by atoms with Crippen LogP contribution in [0.3, 0.4) is 0 Å². The summed E-state index contributed by atoms with van der Waals surface area (Å²) in [5, 5.41) is 19.6. The summed E-state index contributed by atoms with van der Waals surface area (Å²) in [4.78, 5) is 0. The minimum absolute atomic E-state index is 1.12. The summed E-state index contributed by atoms with van der Waals surface area (Å²) in [5.74, 6) is 0. The molecule has 0 saturated carbocycles. The van der Waals surface area contributed by atoms with Gasteiger partial charge < -0.3 is 18.3 Å². The van der Waals surface area contributed by atoms with Gasteiger partial charge in [-0.2, -0.15) is 0 Å². The van der Waals surface area contributed by atoms with Crippen LogP contribution in [-0.4, -0.2) is 18.3 Å². The topological polar surface area (TPSA) is 19.7 Å². The van der Waals surface area contributed by atoms with Gasteiger partial charge in [-0.1, -0.05) is 273 Å². The summed E-state index contributed by atoms with van der Waals surface area (Å²) in [6.45, 7) is 0. The van der Waals surface area contributed by atoms with Crippen molar-refractivity contribution in [1.29, 1.82) is 0 Å². The Morgan fingerprint density at radius 2 is 0.413 bits per heavy atom. The molecule has 4 heteroatoms. The first-order valence-electron chi connectivity index (χ1n) is 36.0. The highest BCUT2D eigenvalue weighted by molar-refractivity contribution is 6.26. The van der Waals surface area contributed by atoms with E-state index in [4.69, 9.17) is 0 Å². The molecule has 18 aromatic carbocycles. The normalized spacial score (nSPS) is 12.0. The number of fused-ring (bicyclic) bond motifs is 16. The second kappa shape index (κ2) is 22.9. The third-order valence-electron chi connectivity index (χ3n) is 22.3. The van der Waals surface area contributed by atoms with E-state index in [1.54, 1.807) is 0 Å². The van der Waals surface area contributed by atoms with Crippen molar-refractivity contribution in [1.82, 2.24) is 18.3 Å². The quantitative estimate of drug-likeness (QED) is 0.128. The average Bonchev–Trinajstić information content (AvgIpc) is 1.47. The summed E-state index contributed by atoms with van der Waals surface area (Å²) in [5.41, 5.74) is 25.9. The van der Waals surface area contributed by atoms with Gasteiger partial charge in [-0.15, -0.1) is 0 Å². The molecule has 0 atom stereocenters. The zero-order chi connectivity index (χ0) is 68.1. The van der Waals surface area contributed by atoms with E-state index in [1.807, 2.05) is 0 Å². The molecule has 4 heterocycles. The molecule has 0 aliphatic rings. The number of rotatable bonds is 9. The van der Waals surface area contributed by atoms with Gasteiger partial charge in [-0.25, -0.2) is 0 Å². The van der Waals surface area contributed by atoms with Gasteiger partial charge in [0.05, 0.1) is 44.1 Å². The minimum atomic E-state index is 1.12. The first-order chi connectivity index (χ1) is 51.6. The Hall–Kier alpha value is -13.8. The smallest absolute Gasteiger partial charge is 0.0547 e. The monoisotopic (exact) mass is 1320 g/mol. The Labute approximate surface area is 599 Å². The second-order valence-corrected chi connectivity index (χ2v) is 27.8.